The van der Waals surface area contributed by atoms with Crippen molar-refractivity contribution < 1.29 is 22.7 Å². The van der Waals surface area contributed by atoms with Crippen molar-refractivity contribution in [2.75, 3.05) is 26.3 Å². The summed E-state index contributed by atoms with van der Waals surface area (Å²) < 4.78 is 42.5. The van der Waals surface area contributed by atoms with Gasteiger partial charge in [-0.25, -0.2) is 0 Å². The molecule has 1 aliphatic heterocycles. The molecule has 1 heterocycles. The van der Waals surface area contributed by atoms with Crippen LogP contribution in [0.2, 0.25) is 0 Å². The SMILES string of the molecule is O=C(NC(=S)N1CCOCC1)c1ccc(C(F)(F)F)cc1. The minimum atomic E-state index is -4.42. The van der Waals surface area contributed by atoms with Crippen molar-refractivity contribution >= 4 is 23.2 Å². The normalized spacial score (nSPS) is 15.7. The van der Waals surface area contributed by atoms with Gasteiger partial charge in [-0.15, -0.1) is 0 Å². The molecule has 4 nitrogen and oxygen atoms in total. The van der Waals surface area contributed by atoms with Gasteiger partial charge in [0.15, 0.2) is 5.11 Å². The van der Waals surface area contributed by atoms with E-state index in [9.17, 15) is 18.0 Å². The lowest BCUT2D eigenvalue weighted by Gasteiger charge is -2.28. The number of amides is 1. The number of hydrogen-bond acceptors (Lipinski definition) is 3. The second kappa shape index (κ2) is 6.40. The van der Waals surface area contributed by atoms with Gasteiger partial charge in [0.2, 0.25) is 0 Å². The molecular formula is C13H13F3N2O2S. The first-order valence-corrected chi connectivity index (χ1v) is 6.64. The number of carbonyl (C=O) groups is 1. The molecule has 1 aromatic carbocycles. The number of hydrogen-bond donors (Lipinski definition) is 1. The summed E-state index contributed by atoms with van der Waals surface area (Å²) in [6.45, 7) is 2.20. The smallest absolute Gasteiger partial charge is 0.378 e. The van der Waals surface area contributed by atoms with Gasteiger partial charge in [-0.05, 0) is 36.5 Å². The van der Waals surface area contributed by atoms with Crippen LogP contribution in [0.3, 0.4) is 0 Å². The molecule has 1 N–H and O–H groups in total. The molecule has 1 aromatic rings. The van der Waals surface area contributed by atoms with Gasteiger partial charge < -0.3 is 9.64 Å². The third kappa shape index (κ3) is 4.15. The molecule has 1 amide bonds. The first-order chi connectivity index (χ1) is 9.88. The highest BCUT2D eigenvalue weighted by atomic mass is 32.1. The Kier molecular flexibility index (Phi) is 4.79. The van der Waals surface area contributed by atoms with Crippen LogP contribution in [0.1, 0.15) is 15.9 Å². The number of nitrogens with zero attached hydrogens (tertiary/aromatic N) is 1. The predicted molar refractivity (Wildman–Crippen MR) is 73.9 cm³/mol. The quantitative estimate of drug-likeness (QED) is 0.805. The molecular weight excluding hydrogens is 305 g/mol. The molecule has 0 saturated carbocycles. The van der Waals surface area contributed by atoms with E-state index in [1.165, 1.54) is 0 Å². The van der Waals surface area contributed by atoms with E-state index in [2.05, 4.69) is 5.32 Å². The Morgan fingerprint density at radius 3 is 2.29 bits per heavy atom. The largest absolute Gasteiger partial charge is 0.416 e. The third-order valence-electron chi connectivity index (χ3n) is 2.99. The molecule has 1 aliphatic rings. The zero-order chi connectivity index (χ0) is 15.5. The van der Waals surface area contributed by atoms with Gasteiger partial charge >= 0.3 is 6.18 Å². The van der Waals surface area contributed by atoms with Crippen LogP contribution in [0.15, 0.2) is 24.3 Å². The van der Waals surface area contributed by atoms with Crippen LogP contribution in [0, 0.1) is 0 Å². The summed E-state index contributed by atoms with van der Waals surface area (Å²) in [5, 5.41) is 2.76. The molecule has 114 valence electrons. The molecule has 0 aliphatic carbocycles. The lowest BCUT2D eigenvalue weighted by Crippen LogP contribution is -2.47. The molecule has 2 rings (SSSR count). The molecule has 0 atom stereocenters. The van der Waals surface area contributed by atoms with E-state index in [-0.39, 0.29) is 10.7 Å². The topological polar surface area (TPSA) is 41.6 Å². The van der Waals surface area contributed by atoms with Gasteiger partial charge in [0.1, 0.15) is 0 Å². The first kappa shape index (κ1) is 15.7. The van der Waals surface area contributed by atoms with Crippen LogP contribution in [0.4, 0.5) is 13.2 Å². The highest BCUT2D eigenvalue weighted by Crippen LogP contribution is 2.29. The number of carbonyl (C=O) groups excluding carboxylic acids is 1. The Hall–Kier alpha value is -1.67. The van der Waals surface area contributed by atoms with Crippen molar-refractivity contribution in [1.82, 2.24) is 10.2 Å². The van der Waals surface area contributed by atoms with E-state index in [1.807, 2.05) is 0 Å². The summed E-state index contributed by atoms with van der Waals surface area (Å²) in [5.41, 5.74) is -0.673. The highest BCUT2D eigenvalue weighted by molar-refractivity contribution is 7.80. The van der Waals surface area contributed by atoms with Crippen molar-refractivity contribution in [3.8, 4) is 0 Å². The molecule has 0 unspecified atom stereocenters. The maximum atomic E-state index is 12.4. The summed E-state index contributed by atoms with van der Waals surface area (Å²) in [7, 11) is 0. The van der Waals surface area contributed by atoms with E-state index in [0.717, 1.165) is 24.3 Å². The fourth-order valence-corrected chi connectivity index (χ4v) is 2.10. The fourth-order valence-electron chi connectivity index (χ4n) is 1.83. The monoisotopic (exact) mass is 318 g/mol. The van der Waals surface area contributed by atoms with Gasteiger partial charge in [0, 0.05) is 18.7 Å². The zero-order valence-corrected chi connectivity index (χ0v) is 11.8. The van der Waals surface area contributed by atoms with Crippen LogP contribution < -0.4 is 5.32 Å². The lowest BCUT2D eigenvalue weighted by molar-refractivity contribution is -0.137. The molecule has 1 saturated heterocycles. The number of alkyl halides is 3. The van der Waals surface area contributed by atoms with Gasteiger partial charge in [-0.1, -0.05) is 0 Å². The van der Waals surface area contributed by atoms with Crippen LogP contribution >= 0.6 is 12.2 Å². The van der Waals surface area contributed by atoms with Crippen LogP contribution in [0.25, 0.3) is 0 Å². The second-order valence-corrected chi connectivity index (χ2v) is 4.82. The van der Waals surface area contributed by atoms with Crippen molar-refractivity contribution in [3.05, 3.63) is 35.4 Å². The van der Waals surface area contributed by atoms with Crippen molar-refractivity contribution in [2.24, 2.45) is 0 Å². The van der Waals surface area contributed by atoms with Gasteiger partial charge in [0.25, 0.3) is 5.91 Å². The lowest BCUT2D eigenvalue weighted by atomic mass is 10.1. The number of halogens is 3. The van der Waals surface area contributed by atoms with Crippen molar-refractivity contribution in [2.45, 2.75) is 6.18 Å². The van der Waals surface area contributed by atoms with Crippen molar-refractivity contribution in [3.63, 3.8) is 0 Å². The number of ether oxygens (including phenoxy) is 1. The molecule has 8 heteroatoms. The van der Waals surface area contributed by atoms with Crippen LogP contribution in [-0.2, 0) is 10.9 Å². The van der Waals surface area contributed by atoms with Gasteiger partial charge in [0.05, 0.1) is 18.8 Å². The van der Waals surface area contributed by atoms with E-state index >= 15 is 0 Å². The zero-order valence-electron chi connectivity index (χ0n) is 10.9. The molecule has 0 aromatic heterocycles. The molecule has 0 bridgehead atoms. The highest BCUT2D eigenvalue weighted by Gasteiger charge is 2.30. The Labute approximate surface area is 124 Å². The Morgan fingerprint density at radius 1 is 1.19 bits per heavy atom. The summed E-state index contributed by atoms with van der Waals surface area (Å²) in [6.07, 6.45) is -4.42. The fraction of sp³-hybridized carbons (Fsp3) is 0.385. The summed E-state index contributed by atoms with van der Waals surface area (Å²) in [4.78, 5) is 13.7. The number of thiocarbonyl (C=S) groups is 1. The Balaban J connectivity index is 1.98. The first-order valence-electron chi connectivity index (χ1n) is 6.23. The Morgan fingerprint density at radius 2 is 1.76 bits per heavy atom. The molecule has 21 heavy (non-hydrogen) atoms. The van der Waals surface area contributed by atoms with Crippen LogP contribution in [0.5, 0.6) is 0 Å². The third-order valence-corrected chi connectivity index (χ3v) is 3.35. The standard InChI is InChI=1S/C13H13F3N2O2S/c14-13(15,16)10-3-1-9(2-4-10)11(19)17-12(21)18-5-7-20-8-6-18/h1-4H,5-8H2,(H,17,19,21). The average molecular weight is 318 g/mol. The predicted octanol–water partition coefficient (Wildman–Crippen LogP) is 2.05. The number of benzene rings is 1. The minimum Gasteiger partial charge on any atom is -0.378 e. The maximum absolute atomic E-state index is 12.4. The van der Waals surface area contributed by atoms with Crippen LogP contribution in [-0.4, -0.2) is 42.2 Å². The van der Waals surface area contributed by atoms with Gasteiger partial charge in [-0.3, -0.25) is 10.1 Å². The van der Waals surface area contributed by atoms with E-state index in [1.54, 1.807) is 4.90 Å². The maximum Gasteiger partial charge on any atom is 0.416 e. The van der Waals surface area contributed by atoms with E-state index in [0.29, 0.717) is 26.3 Å². The number of rotatable bonds is 1. The number of nitrogens with one attached hydrogen (secondary N) is 1. The molecule has 0 radical (unpaired) electrons. The second-order valence-electron chi connectivity index (χ2n) is 4.43. The van der Waals surface area contributed by atoms with Gasteiger partial charge in [-0.2, -0.15) is 13.2 Å². The summed E-state index contributed by atoms with van der Waals surface area (Å²) in [5.74, 6) is -0.528. The summed E-state index contributed by atoms with van der Waals surface area (Å²) in [6, 6.07) is 3.99. The molecule has 0 spiro atoms. The minimum absolute atomic E-state index is 0.124. The summed E-state index contributed by atoms with van der Waals surface area (Å²) >= 11 is 5.09. The van der Waals surface area contributed by atoms with Crippen molar-refractivity contribution in [1.29, 1.82) is 0 Å². The Bertz CT molecular complexity index is 525. The molecule has 1 fully saturated rings. The average Bonchev–Trinajstić information content (AvgIpc) is 2.47. The van der Waals surface area contributed by atoms with E-state index < -0.39 is 17.6 Å². The van der Waals surface area contributed by atoms with E-state index in [4.69, 9.17) is 17.0 Å². The number of morpholine rings is 1.